The molecule has 1 heteroatoms. The lowest BCUT2D eigenvalue weighted by atomic mass is 9.42. The fraction of sp³-hybridized carbons (Fsp3) is 0.306. The van der Waals surface area contributed by atoms with Gasteiger partial charge in [-0.05, 0) is 142 Å². The van der Waals surface area contributed by atoms with E-state index in [1.54, 1.807) is 16.7 Å². The van der Waals surface area contributed by atoms with E-state index in [1.165, 1.54) is 82.4 Å². The topological polar surface area (TPSA) is 3.24 Å². The molecule has 246 valence electrons. The normalized spacial score (nSPS) is 28.8. The summed E-state index contributed by atoms with van der Waals surface area (Å²) >= 11 is 0. The van der Waals surface area contributed by atoms with Crippen LogP contribution < -0.4 is 4.90 Å². The summed E-state index contributed by atoms with van der Waals surface area (Å²) in [5.41, 5.74) is 17.4. The van der Waals surface area contributed by atoms with Crippen LogP contribution in [0.25, 0.3) is 27.8 Å². The first-order valence-corrected chi connectivity index (χ1v) is 19.2. The summed E-state index contributed by atoms with van der Waals surface area (Å²) in [6, 6.07) is 46.4. The van der Waals surface area contributed by atoms with Crippen molar-refractivity contribution in [2.75, 3.05) is 4.90 Å². The SMILES string of the molecule is CC1(C)c2ccccc2-c2ccc(N(c3cccc(-c4ccccc4)c3)C3C=CC4=C(C3)C3(c5ccccc54)C4CC5CC(C4)CC3C5)cc21. The maximum absolute atomic E-state index is 2.69. The lowest BCUT2D eigenvalue weighted by molar-refractivity contribution is -0.0435. The molecular weight excluding hydrogens is 603 g/mol. The molecule has 1 spiro atoms. The Morgan fingerprint density at radius 2 is 1.18 bits per heavy atom. The molecule has 5 aromatic carbocycles. The van der Waals surface area contributed by atoms with Crippen molar-refractivity contribution in [3.63, 3.8) is 0 Å². The van der Waals surface area contributed by atoms with Crippen molar-refractivity contribution in [1.29, 1.82) is 0 Å². The first-order valence-electron chi connectivity index (χ1n) is 19.2. The van der Waals surface area contributed by atoms with Crippen molar-refractivity contribution in [1.82, 2.24) is 0 Å². The molecule has 4 bridgehead atoms. The van der Waals surface area contributed by atoms with Crippen LogP contribution in [0.2, 0.25) is 0 Å². The van der Waals surface area contributed by atoms with E-state index in [9.17, 15) is 0 Å². The van der Waals surface area contributed by atoms with Gasteiger partial charge in [-0.25, -0.2) is 0 Å². The Kier molecular flexibility index (Phi) is 6.09. The van der Waals surface area contributed by atoms with Crippen LogP contribution >= 0.6 is 0 Å². The molecule has 1 unspecified atom stereocenters. The number of hydrogen-bond donors (Lipinski definition) is 0. The van der Waals surface area contributed by atoms with Gasteiger partial charge in [0.15, 0.2) is 0 Å². The Hall–Kier alpha value is -4.62. The minimum absolute atomic E-state index is 0.0465. The zero-order chi connectivity index (χ0) is 33.2. The fourth-order valence-electron chi connectivity index (χ4n) is 12.5. The standard InChI is InChI=1S/C49H45N/c1-48(2)44-17-8-6-15-40(44)42-21-19-38(29-46(42)48)50(37-14-10-13-34(28-37)33-11-4-3-5-12-33)39-20-22-43-41-16-7-9-18-45(41)49(47(43)30-39)35-24-31-23-32(26-35)27-36(49)25-31/h3-22,28-29,31-32,35-36,39H,23-27,30H2,1-2H3. The number of allylic oxidation sites excluding steroid dienone is 2. The third kappa shape index (κ3) is 3.90. The molecule has 7 aliphatic carbocycles. The smallest absolute Gasteiger partial charge is 0.0563 e. The minimum Gasteiger partial charge on any atom is -0.334 e. The van der Waals surface area contributed by atoms with Crippen LogP contribution in [0.15, 0.2) is 139 Å². The molecule has 1 nitrogen and oxygen atoms in total. The van der Waals surface area contributed by atoms with Crippen molar-refractivity contribution < 1.29 is 0 Å². The molecule has 0 aliphatic heterocycles. The Balaban J connectivity index is 1.07. The second kappa shape index (κ2) is 10.5. The van der Waals surface area contributed by atoms with Gasteiger partial charge in [-0.15, -0.1) is 0 Å². The van der Waals surface area contributed by atoms with Crippen molar-refractivity contribution in [3.05, 3.63) is 161 Å². The van der Waals surface area contributed by atoms with Crippen molar-refractivity contribution in [2.45, 2.75) is 69.2 Å². The largest absolute Gasteiger partial charge is 0.334 e. The highest BCUT2D eigenvalue weighted by Gasteiger charge is 2.62. The van der Waals surface area contributed by atoms with Gasteiger partial charge < -0.3 is 4.90 Å². The Morgan fingerprint density at radius 3 is 1.96 bits per heavy atom. The maximum Gasteiger partial charge on any atom is 0.0563 e. The number of nitrogens with zero attached hydrogens (tertiary/aromatic N) is 1. The van der Waals surface area contributed by atoms with E-state index in [1.807, 2.05) is 0 Å². The summed E-state index contributed by atoms with van der Waals surface area (Å²) in [5, 5.41) is 0. The molecule has 0 aromatic heterocycles. The van der Waals surface area contributed by atoms with Gasteiger partial charge in [0.05, 0.1) is 6.04 Å². The minimum atomic E-state index is -0.0465. The van der Waals surface area contributed by atoms with Crippen LogP contribution in [0, 0.1) is 23.7 Å². The van der Waals surface area contributed by atoms with Crippen LogP contribution in [0.1, 0.15) is 74.6 Å². The second-order valence-corrected chi connectivity index (χ2v) is 16.9. The molecule has 4 saturated carbocycles. The van der Waals surface area contributed by atoms with Gasteiger partial charge in [0.1, 0.15) is 0 Å². The molecule has 50 heavy (non-hydrogen) atoms. The van der Waals surface area contributed by atoms with Crippen LogP contribution in [-0.4, -0.2) is 6.04 Å². The van der Waals surface area contributed by atoms with Crippen molar-refractivity contribution >= 4 is 16.9 Å². The molecule has 0 heterocycles. The maximum atomic E-state index is 2.69. The Morgan fingerprint density at radius 1 is 0.540 bits per heavy atom. The average molecular weight is 648 g/mol. The van der Waals surface area contributed by atoms with Gasteiger partial charge >= 0.3 is 0 Å². The van der Waals surface area contributed by atoms with E-state index in [2.05, 4.69) is 152 Å². The summed E-state index contributed by atoms with van der Waals surface area (Å²) in [5.74, 6) is 3.47. The van der Waals surface area contributed by atoms with E-state index in [0.717, 1.165) is 30.1 Å². The quantitative estimate of drug-likeness (QED) is 0.188. The molecule has 7 aliphatic rings. The Labute approximate surface area is 297 Å². The zero-order valence-electron chi connectivity index (χ0n) is 29.3. The predicted molar refractivity (Wildman–Crippen MR) is 208 cm³/mol. The number of fused-ring (bicyclic) bond motifs is 5. The van der Waals surface area contributed by atoms with Crippen molar-refractivity contribution in [2.24, 2.45) is 23.7 Å². The van der Waals surface area contributed by atoms with Crippen molar-refractivity contribution in [3.8, 4) is 22.3 Å². The third-order valence-electron chi connectivity index (χ3n) is 14.2. The monoisotopic (exact) mass is 647 g/mol. The highest BCUT2D eigenvalue weighted by molar-refractivity contribution is 5.89. The van der Waals surface area contributed by atoms with Gasteiger partial charge in [0.25, 0.3) is 0 Å². The first kappa shape index (κ1) is 29.1. The van der Waals surface area contributed by atoms with E-state index >= 15 is 0 Å². The molecule has 0 saturated heterocycles. The summed E-state index contributed by atoms with van der Waals surface area (Å²) in [6.07, 6.45) is 13.4. The van der Waals surface area contributed by atoms with E-state index in [0.29, 0.717) is 0 Å². The molecule has 0 radical (unpaired) electrons. The van der Waals surface area contributed by atoms with Gasteiger partial charge in [-0.2, -0.15) is 0 Å². The Bertz CT molecular complexity index is 2220. The molecular formula is C49H45N. The van der Waals surface area contributed by atoms with Gasteiger partial charge in [0.2, 0.25) is 0 Å². The van der Waals surface area contributed by atoms with Crippen LogP contribution in [0.4, 0.5) is 11.4 Å². The van der Waals surface area contributed by atoms with E-state index in [-0.39, 0.29) is 16.9 Å². The molecule has 0 amide bonds. The van der Waals surface area contributed by atoms with E-state index in [4.69, 9.17) is 0 Å². The molecule has 0 N–H and O–H groups in total. The summed E-state index contributed by atoms with van der Waals surface area (Å²) in [4.78, 5) is 2.69. The number of benzene rings is 5. The predicted octanol–water partition coefficient (Wildman–Crippen LogP) is 12.3. The third-order valence-corrected chi connectivity index (χ3v) is 14.2. The fourth-order valence-corrected chi connectivity index (χ4v) is 12.5. The highest BCUT2D eigenvalue weighted by atomic mass is 15.2. The lowest BCUT2D eigenvalue weighted by Crippen LogP contribution is -2.56. The summed E-state index contributed by atoms with van der Waals surface area (Å²) in [7, 11) is 0. The number of anilines is 2. The zero-order valence-corrected chi connectivity index (χ0v) is 29.3. The molecule has 5 aromatic rings. The second-order valence-electron chi connectivity index (χ2n) is 16.9. The number of rotatable bonds is 4. The summed E-state index contributed by atoms with van der Waals surface area (Å²) < 4.78 is 0. The first-order chi connectivity index (χ1) is 24.5. The highest BCUT2D eigenvalue weighted by Crippen LogP contribution is 2.70. The van der Waals surface area contributed by atoms with Gasteiger partial charge in [-0.1, -0.05) is 123 Å². The van der Waals surface area contributed by atoms with Gasteiger partial charge in [-0.3, -0.25) is 0 Å². The average Bonchev–Trinajstić information content (AvgIpc) is 3.56. The molecule has 4 fully saturated rings. The van der Waals surface area contributed by atoms with Crippen LogP contribution in [0.5, 0.6) is 0 Å². The number of hydrogen-bond acceptors (Lipinski definition) is 1. The van der Waals surface area contributed by atoms with Crippen LogP contribution in [0.3, 0.4) is 0 Å². The van der Waals surface area contributed by atoms with Crippen LogP contribution in [-0.2, 0) is 10.8 Å². The summed E-state index contributed by atoms with van der Waals surface area (Å²) in [6.45, 7) is 4.82. The lowest BCUT2D eigenvalue weighted by Gasteiger charge is -2.62. The van der Waals surface area contributed by atoms with E-state index < -0.39 is 0 Å². The molecule has 12 rings (SSSR count). The van der Waals surface area contributed by atoms with Gasteiger partial charge in [0, 0.05) is 22.2 Å². The molecule has 1 atom stereocenters.